The van der Waals surface area contributed by atoms with Crippen molar-refractivity contribution in [2.75, 3.05) is 26.2 Å². The molecule has 0 aliphatic carbocycles. The Morgan fingerprint density at radius 3 is 2.47 bits per heavy atom. The Labute approximate surface area is 202 Å². The van der Waals surface area contributed by atoms with Gasteiger partial charge in [0.15, 0.2) is 0 Å². The molecule has 3 aromatic carbocycles. The summed E-state index contributed by atoms with van der Waals surface area (Å²) in [5.41, 5.74) is 2.39. The fraction of sp³-hybridized carbons (Fsp3) is 0.345. The number of carboxylic acids is 1. The quantitative estimate of drug-likeness (QED) is 0.446. The predicted molar refractivity (Wildman–Crippen MR) is 139 cm³/mol. The molecule has 0 bridgehead atoms. The average Bonchev–Trinajstić information content (AvgIpc) is 2.86. The Balaban J connectivity index is 1.47. The highest BCUT2D eigenvalue weighted by Gasteiger charge is 2.20. The third kappa shape index (κ3) is 6.25. The predicted octanol–water partition coefficient (Wildman–Crippen LogP) is 5.46. The summed E-state index contributed by atoms with van der Waals surface area (Å²) in [6.45, 7) is 7.96. The normalized spacial score (nSPS) is 15.7. The molecule has 0 radical (unpaired) electrons. The minimum absolute atomic E-state index is 0.292. The molecule has 5 heteroatoms. The van der Waals surface area contributed by atoms with E-state index in [4.69, 9.17) is 4.74 Å². The Morgan fingerprint density at radius 1 is 1.06 bits per heavy atom. The molecule has 1 saturated heterocycles. The van der Waals surface area contributed by atoms with Gasteiger partial charge < -0.3 is 20.1 Å². The molecule has 1 aliphatic rings. The SMILES string of the molecule is CC(C)N1CCC(NC/C(=C\c2ccc(C(=O)O)cc2)COc2cccc3ccccc23)CC1. The van der Waals surface area contributed by atoms with Crippen molar-refractivity contribution in [2.24, 2.45) is 0 Å². The Bertz CT molecular complexity index is 1120. The number of aromatic carboxylic acids is 1. The molecule has 0 saturated carbocycles. The van der Waals surface area contributed by atoms with Crippen molar-refractivity contribution in [3.63, 3.8) is 0 Å². The fourth-order valence-corrected chi connectivity index (χ4v) is 4.49. The van der Waals surface area contributed by atoms with E-state index in [1.807, 2.05) is 36.4 Å². The minimum atomic E-state index is -0.913. The fourth-order valence-electron chi connectivity index (χ4n) is 4.49. The van der Waals surface area contributed by atoms with Crippen LogP contribution in [0.25, 0.3) is 16.8 Å². The third-order valence-corrected chi connectivity index (χ3v) is 6.57. The summed E-state index contributed by atoms with van der Waals surface area (Å²) in [5, 5.41) is 15.2. The van der Waals surface area contributed by atoms with Crippen molar-refractivity contribution in [2.45, 2.75) is 38.8 Å². The number of hydrogen-bond acceptors (Lipinski definition) is 4. The molecule has 5 nitrogen and oxygen atoms in total. The molecule has 3 aromatic rings. The number of hydrogen-bond donors (Lipinski definition) is 2. The number of nitrogens with one attached hydrogen (secondary N) is 1. The van der Waals surface area contributed by atoms with Gasteiger partial charge in [0.25, 0.3) is 0 Å². The molecular weight excluding hydrogens is 424 g/mol. The van der Waals surface area contributed by atoms with Gasteiger partial charge >= 0.3 is 5.97 Å². The summed E-state index contributed by atoms with van der Waals surface area (Å²) in [5.74, 6) is -0.0417. The largest absolute Gasteiger partial charge is 0.489 e. The van der Waals surface area contributed by atoms with E-state index in [9.17, 15) is 9.90 Å². The van der Waals surface area contributed by atoms with E-state index in [1.165, 1.54) is 0 Å². The van der Waals surface area contributed by atoms with Gasteiger partial charge in [0.2, 0.25) is 0 Å². The molecule has 1 fully saturated rings. The number of nitrogens with zero attached hydrogens (tertiary/aromatic N) is 1. The number of carbonyl (C=O) groups is 1. The van der Waals surface area contributed by atoms with Crippen molar-refractivity contribution < 1.29 is 14.6 Å². The van der Waals surface area contributed by atoms with Gasteiger partial charge in [0.05, 0.1) is 5.56 Å². The summed E-state index contributed by atoms with van der Waals surface area (Å²) in [6.07, 6.45) is 4.39. The number of likely N-dealkylation sites (tertiary alicyclic amines) is 1. The monoisotopic (exact) mass is 458 g/mol. The first-order valence-electron chi connectivity index (χ1n) is 12.1. The standard InChI is InChI=1S/C29H34N2O3/c1-21(2)31-16-14-26(15-17-31)30-19-23(18-22-10-12-25(13-11-22)29(32)33)20-34-28-9-5-7-24-6-3-4-8-27(24)28/h3-13,18,21,26,30H,14-17,19-20H2,1-2H3,(H,32,33)/b23-18+. The van der Waals surface area contributed by atoms with Crippen LogP contribution < -0.4 is 10.1 Å². The Kier molecular flexibility index (Phi) is 7.99. The number of benzene rings is 3. The lowest BCUT2D eigenvalue weighted by molar-refractivity contribution is 0.0697. The van der Waals surface area contributed by atoms with Crippen molar-refractivity contribution in [1.82, 2.24) is 10.2 Å². The van der Waals surface area contributed by atoms with Crippen LogP contribution in [0.1, 0.15) is 42.6 Å². The van der Waals surface area contributed by atoms with E-state index in [0.29, 0.717) is 24.3 Å². The van der Waals surface area contributed by atoms with Crippen LogP contribution in [0.3, 0.4) is 0 Å². The molecule has 0 amide bonds. The summed E-state index contributed by atoms with van der Waals surface area (Å²) < 4.78 is 6.29. The van der Waals surface area contributed by atoms with Gasteiger partial charge in [-0.2, -0.15) is 0 Å². The first-order valence-corrected chi connectivity index (χ1v) is 12.1. The maximum Gasteiger partial charge on any atom is 0.335 e. The van der Waals surface area contributed by atoms with E-state index >= 15 is 0 Å². The van der Waals surface area contributed by atoms with E-state index in [1.54, 1.807) is 12.1 Å². The molecule has 4 rings (SSSR count). The average molecular weight is 459 g/mol. The number of ether oxygens (including phenoxy) is 1. The van der Waals surface area contributed by atoms with Crippen LogP contribution in [0.5, 0.6) is 5.75 Å². The highest BCUT2D eigenvalue weighted by Crippen LogP contribution is 2.26. The van der Waals surface area contributed by atoms with Crippen LogP contribution in [0, 0.1) is 0 Å². The van der Waals surface area contributed by atoms with E-state index < -0.39 is 5.97 Å². The molecule has 0 aromatic heterocycles. The van der Waals surface area contributed by atoms with Crippen LogP contribution in [-0.2, 0) is 0 Å². The number of rotatable bonds is 9. The highest BCUT2D eigenvalue weighted by atomic mass is 16.5. The molecule has 0 atom stereocenters. The smallest absolute Gasteiger partial charge is 0.335 e. The van der Waals surface area contributed by atoms with Crippen molar-refractivity contribution in [3.05, 3.63) is 83.4 Å². The highest BCUT2D eigenvalue weighted by molar-refractivity contribution is 5.88. The second kappa shape index (κ2) is 11.3. The Morgan fingerprint density at radius 2 is 1.76 bits per heavy atom. The molecule has 2 N–H and O–H groups in total. The molecule has 34 heavy (non-hydrogen) atoms. The Hall–Kier alpha value is -3.15. The van der Waals surface area contributed by atoms with Gasteiger partial charge in [-0.1, -0.05) is 54.6 Å². The molecule has 0 spiro atoms. The summed E-state index contributed by atoms with van der Waals surface area (Å²) in [4.78, 5) is 13.7. The van der Waals surface area contributed by atoms with Gasteiger partial charge in [-0.15, -0.1) is 0 Å². The van der Waals surface area contributed by atoms with Gasteiger partial charge in [-0.3, -0.25) is 0 Å². The zero-order valence-electron chi connectivity index (χ0n) is 20.0. The topological polar surface area (TPSA) is 61.8 Å². The van der Waals surface area contributed by atoms with Gasteiger partial charge in [0.1, 0.15) is 12.4 Å². The molecule has 1 heterocycles. The van der Waals surface area contributed by atoms with Crippen molar-refractivity contribution in [3.8, 4) is 5.75 Å². The van der Waals surface area contributed by atoms with Gasteiger partial charge in [-0.25, -0.2) is 4.79 Å². The number of piperidine rings is 1. The first kappa shape index (κ1) is 24.0. The summed E-state index contributed by atoms with van der Waals surface area (Å²) >= 11 is 0. The van der Waals surface area contributed by atoms with Gasteiger partial charge in [-0.05, 0) is 74.5 Å². The lowest BCUT2D eigenvalue weighted by Gasteiger charge is -2.35. The van der Waals surface area contributed by atoms with Crippen molar-refractivity contribution in [1.29, 1.82) is 0 Å². The molecule has 1 aliphatic heterocycles. The van der Waals surface area contributed by atoms with E-state index in [2.05, 4.69) is 48.3 Å². The second-order valence-electron chi connectivity index (χ2n) is 9.28. The van der Waals surface area contributed by atoms with Crippen LogP contribution in [0.15, 0.2) is 72.3 Å². The lowest BCUT2D eigenvalue weighted by atomic mass is 10.0. The number of fused-ring (bicyclic) bond motifs is 1. The lowest BCUT2D eigenvalue weighted by Crippen LogP contribution is -2.45. The zero-order chi connectivity index (χ0) is 23.9. The van der Waals surface area contributed by atoms with Gasteiger partial charge in [0, 0.05) is 24.0 Å². The molecular formula is C29H34N2O3. The van der Waals surface area contributed by atoms with Crippen LogP contribution >= 0.6 is 0 Å². The summed E-state index contributed by atoms with van der Waals surface area (Å²) in [6, 6.07) is 22.4. The summed E-state index contributed by atoms with van der Waals surface area (Å²) in [7, 11) is 0. The first-order chi connectivity index (χ1) is 16.5. The third-order valence-electron chi connectivity index (χ3n) is 6.57. The van der Waals surface area contributed by atoms with E-state index in [-0.39, 0.29) is 0 Å². The van der Waals surface area contributed by atoms with Crippen LogP contribution in [0.4, 0.5) is 0 Å². The minimum Gasteiger partial charge on any atom is -0.489 e. The van der Waals surface area contributed by atoms with Crippen LogP contribution in [0.2, 0.25) is 0 Å². The zero-order valence-corrected chi connectivity index (χ0v) is 20.0. The maximum atomic E-state index is 11.2. The van der Waals surface area contributed by atoms with Crippen molar-refractivity contribution >= 4 is 22.8 Å². The molecule has 178 valence electrons. The molecule has 0 unspecified atom stereocenters. The van der Waals surface area contributed by atoms with E-state index in [0.717, 1.165) is 60.1 Å². The number of carboxylic acid groups (broad SMARTS) is 1. The second-order valence-corrected chi connectivity index (χ2v) is 9.28. The maximum absolute atomic E-state index is 11.2. The van der Waals surface area contributed by atoms with Crippen LogP contribution in [-0.4, -0.2) is 54.3 Å².